The fourth-order valence-corrected chi connectivity index (χ4v) is 4.77. The van der Waals surface area contributed by atoms with E-state index in [1.807, 2.05) is 0 Å². The summed E-state index contributed by atoms with van der Waals surface area (Å²) in [5.74, 6) is -0.456. The van der Waals surface area contributed by atoms with Crippen LogP contribution in [-0.2, 0) is 20.7 Å². The van der Waals surface area contributed by atoms with E-state index in [1.54, 1.807) is 25.1 Å². The van der Waals surface area contributed by atoms with Crippen molar-refractivity contribution < 1.29 is 49.0 Å². The van der Waals surface area contributed by atoms with Crippen LogP contribution in [0.1, 0.15) is 35.5 Å². The molecular weight excluding hydrogens is 524 g/mol. The third kappa shape index (κ3) is 6.03. The minimum absolute atomic E-state index is 0.0333. The predicted molar refractivity (Wildman–Crippen MR) is 143 cm³/mol. The molecule has 0 spiro atoms. The number of rotatable bonds is 8. The largest absolute Gasteiger partial charge is 0.508 e. The number of phenolic OH excluding ortho intramolecular Hbond substituents is 1. The lowest BCUT2D eigenvalue weighted by molar-refractivity contribution is -0.239. The summed E-state index contributed by atoms with van der Waals surface area (Å²) >= 11 is 0. The van der Waals surface area contributed by atoms with E-state index in [9.17, 15) is 35.1 Å². The molecule has 0 bridgehead atoms. The average Bonchev–Trinajstić information content (AvgIpc) is 2.90. The number of carbonyl (C=O) groups is 1. The number of benzene rings is 2. The number of aliphatic hydroxyl groups is 4. The van der Waals surface area contributed by atoms with Crippen LogP contribution in [0.2, 0.25) is 0 Å². The number of hydrogen-bond donors (Lipinski definition) is 5. The maximum atomic E-state index is 13.1. The second-order valence-corrected chi connectivity index (χ2v) is 9.73. The van der Waals surface area contributed by atoms with Gasteiger partial charge >= 0.3 is 5.97 Å². The molecule has 5 N–H and O–H groups in total. The fraction of sp³-hybridized carbons (Fsp3) is 0.379. The molecule has 40 heavy (non-hydrogen) atoms. The summed E-state index contributed by atoms with van der Waals surface area (Å²) in [4.78, 5) is 26.0. The van der Waals surface area contributed by atoms with Gasteiger partial charge in [-0.1, -0.05) is 12.1 Å². The van der Waals surface area contributed by atoms with Crippen LogP contribution < -0.4 is 10.2 Å². The van der Waals surface area contributed by atoms with Gasteiger partial charge in [0.1, 0.15) is 47.3 Å². The molecule has 11 heteroatoms. The minimum Gasteiger partial charge on any atom is -0.508 e. The Bertz CT molecular complexity index is 1440. The maximum Gasteiger partial charge on any atom is 0.331 e. The van der Waals surface area contributed by atoms with Gasteiger partial charge in [-0.2, -0.15) is 0 Å². The van der Waals surface area contributed by atoms with E-state index in [4.69, 9.17) is 18.6 Å². The third-order valence-electron chi connectivity index (χ3n) is 6.68. The summed E-state index contributed by atoms with van der Waals surface area (Å²) in [7, 11) is 1.38. The molecule has 1 aliphatic rings. The van der Waals surface area contributed by atoms with Crippen LogP contribution in [0, 0.1) is 6.92 Å². The van der Waals surface area contributed by atoms with E-state index in [1.165, 1.54) is 38.3 Å². The maximum absolute atomic E-state index is 13.1. The minimum atomic E-state index is -1.70. The highest BCUT2D eigenvalue weighted by molar-refractivity contribution is 5.88. The Morgan fingerprint density at radius 2 is 1.85 bits per heavy atom. The van der Waals surface area contributed by atoms with Gasteiger partial charge in [0.25, 0.3) is 0 Å². The summed E-state index contributed by atoms with van der Waals surface area (Å²) in [6.07, 6.45) is -5.68. The van der Waals surface area contributed by atoms with Crippen molar-refractivity contribution in [1.29, 1.82) is 0 Å². The topological polar surface area (TPSA) is 176 Å². The van der Waals surface area contributed by atoms with Crippen LogP contribution in [-0.4, -0.2) is 75.7 Å². The average molecular weight is 557 g/mol. The molecule has 1 aromatic heterocycles. The first-order chi connectivity index (χ1) is 19.0. The first-order valence-electron chi connectivity index (χ1n) is 12.7. The highest BCUT2D eigenvalue weighted by Gasteiger charge is 2.49. The summed E-state index contributed by atoms with van der Waals surface area (Å²) in [5, 5.41) is 51.0. The molecule has 3 aromatic rings. The molecule has 0 unspecified atom stereocenters. The van der Waals surface area contributed by atoms with Gasteiger partial charge in [0, 0.05) is 18.6 Å². The molecule has 1 aliphatic heterocycles. The summed E-state index contributed by atoms with van der Waals surface area (Å²) in [5.41, 5.74) is 0.876. The van der Waals surface area contributed by atoms with Crippen molar-refractivity contribution in [1.82, 2.24) is 0 Å². The Kier molecular flexibility index (Phi) is 8.92. The van der Waals surface area contributed by atoms with E-state index in [2.05, 4.69) is 0 Å². The first-order valence-corrected chi connectivity index (χ1v) is 12.7. The van der Waals surface area contributed by atoms with Crippen LogP contribution in [0.5, 0.6) is 11.5 Å². The van der Waals surface area contributed by atoms with Crippen LogP contribution in [0.4, 0.5) is 0 Å². The molecule has 6 atom stereocenters. The number of carbonyl (C=O) groups excluding carboxylic acids is 1. The second-order valence-electron chi connectivity index (χ2n) is 9.73. The van der Waals surface area contributed by atoms with E-state index >= 15 is 0 Å². The Morgan fingerprint density at radius 3 is 2.48 bits per heavy atom. The number of ether oxygens (including phenoxy) is 3. The lowest BCUT2D eigenvalue weighted by Gasteiger charge is -2.42. The fourth-order valence-electron chi connectivity index (χ4n) is 4.77. The number of fused-ring (bicyclic) bond motifs is 1. The molecule has 0 saturated carbocycles. The molecule has 11 nitrogen and oxygen atoms in total. The number of aliphatic hydroxyl groups excluding tert-OH is 4. The molecule has 4 rings (SSSR count). The van der Waals surface area contributed by atoms with Crippen LogP contribution >= 0.6 is 0 Å². The Balaban J connectivity index is 1.83. The molecule has 214 valence electrons. The zero-order valence-electron chi connectivity index (χ0n) is 22.2. The normalized spacial score (nSPS) is 23.8. The molecule has 0 radical (unpaired) electrons. The van der Waals surface area contributed by atoms with E-state index < -0.39 is 54.6 Å². The number of hydrogen-bond acceptors (Lipinski definition) is 11. The highest BCUT2D eigenvalue weighted by Crippen LogP contribution is 2.43. The molecular formula is C29H32O11. The van der Waals surface area contributed by atoms with Crippen LogP contribution in [0.3, 0.4) is 0 Å². The molecule has 2 aromatic carbocycles. The zero-order chi connectivity index (χ0) is 29.1. The third-order valence-corrected chi connectivity index (χ3v) is 6.68. The highest BCUT2D eigenvalue weighted by atomic mass is 16.6. The van der Waals surface area contributed by atoms with Gasteiger partial charge in [0.05, 0.1) is 30.8 Å². The van der Waals surface area contributed by atoms with E-state index in [-0.39, 0.29) is 40.2 Å². The van der Waals surface area contributed by atoms with E-state index in [0.29, 0.717) is 11.1 Å². The molecule has 2 heterocycles. The molecule has 1 saturated heterocycles. The van der Waals surface area contributed by atoms with Gasteiger partial charge in [-0.3, -0.25) is 4.79 Å². The van der Waals surface area contributed by atoms with E-state index in [0.717, 1.165) is 6.08 Å². The van der Waals surface area contributed by atoms with Crippen molar-refractivity contribution in [3.05, 3.63) is 75.1 Å². The summed E-state index contributed by atoms with van der Waals surface area (Å²) in [6, 6.07) is 8.89. The summed E-state index contributed by atoms with van der Waals surface area (Å²) in [6.45, 7) is 2.55. The van der Waals surface area contributed by atoms with Crippen molar-refractivity contribution in [3.63, 3.8) is 0 Å². The second kappa shape index (κ2) is 12.2. The van der Waals surface area contributed by atoms with Gasteiger partial charge in [0.2, 0.25) is 0 Å². The lowest BCUT2D eigenvalue weighted by atomic mass is 9.89. The van der Waals surface area contributed by atoms with Crippen LogP contribution in [0.25, 0.3) is 17.0 Å². The molecule has 1 fully saturated rings. The monoisotopic (exact) mass is 556 g/mol. The number of phenols is 1. The quantitative estimate of drug-likeness (QED) is 0.201. The van der Waals surface area contributed by atoms with Gasteiger partial charge in [-0.15, -0.1) is 0 Å². The molecule has 0 aliphatic carbocycles. The number of esters is 1. The van der Waals surface area contributed by atoms with Gasteiger partial charge in [-0.25, -0.2) is 4.79 Å². The Morgan fingerprint density at radius 1 is 1.15 bits per heavy atom. The smallest absolute Gasteiger partial charge is 0.331 e. The zero-order valence-corrected chi connectivity index (χ0v) is 22.2. The number of methoxy groups -OCH3 is 1. The number of aryl methyl sites for hydroxylation is 1. The van der Waals surface area contributed by atoms with Gasteiger partial charge in [-0.05, 0) is 49.2 Å². The SMILES string of the molecule is COc1cc(C)c2c(=O)cc(C[C@@H](C)O)oc2c1[C@H]1O[C@@H](CO)[C@H](O)[C@@H](O)[C@@H]1OC(=O)/C=C/c1ccc(O)cc1. The molecule has 0 amide bonds. The Labute approximate surface area is 229 Å². The standard InChI is InChI=1S/C29H32O11/c1-14-10-20(37-3)24(27-23(14)19(33)12-18(38-27)11-15(2)31)28-29(26(36)25(35)21(13-30)39-28)40-22(34)9-6-16-4-7-17(32)8-5-16/h4-10,12,15,21,25-26,28-32,35-36H,11,13H2,1-3H3/b9-6+/t15-,21+,25+,26-,28-,29+/m1/s1. The summed E-state index contributed by atoms with van der Waals surface area (Å²) < 4.78 is 23.2. The predicted octanol–water partition coefficient (Wildman–Crippen LogP) is 1.52. The van der Waals surface area contributed by atoms with Crippen molar-refractivity contribution in [2.45, 2.75) is 56.9 Å². The van der Waals surface area contributed by atoms with Crippen molar-refractivity contribution in [3.8, 4) is 11.5 Å². The first kappa shape index (κ1) is 29.2. The Hall–Kier alpha value is -3.74. The van der Waals surface area contributed by atoms with Crippen molar-refractivity contribution >= 4 is 23.0 Å². The van der Waals surface area contributed by atoms with Crippen LogP contribution in [0.15, 0.2) is 51.7 Å². The van der Waals surface area contributed by atoms with Gasteiger partial charge in [0.15, 0.2) is 11.5 Å². The van der Waals surface area contributed by atoms with Gasteiger partial charge < -0.3 is 44.2 Å². The van der Waals surface area contributed by atoms with Crippen molar-refractivity contribution in [2.24, 2.45) is 0 Å². The lowest BCUT2D eigenvalue weighted by Crippen LogP contribution is -2.56. The van der Waals surface area contributed by atoms with Crippen molar-refractivity contribution in [2.75, 3.05) is 13.7 Å². The number of aromatic hydroxyl groups is 1.